The SMILES string of the molecule is O=c1n(Cc2ccc(-c3nnc(C(F)F)o3)cc2F)c2ncccc2n1C1CCN(C2COC2)CC1. The molecule has 1 aromatic carbocycles. The first-order valence-corrected chi connectivity index (χ1v) is 11.8. The van der Waals surface area contributed by atoms with Crippen LogP contribution in [0, 0.1) is 5.82 Å². The van der Waals surface area contributed by atoms with Gasteiger partial charge in [0.15, 0.2) is 5.65 Å². The second kappa shape index (κ2) is 9.17. The van der Waals surface area contributed by atoms with E-state index in [-0.39, 0.29) is 35.3 Å². The van der Waals surface area contributed by atoms with Crippen molar-refractivity contribution in [2.24, 2.45) is 0 Å². The third-order valence-corrected chi connectivity index (χ3v) is 6.98. The maximum absolute atomic E-state index is 15.0. The Hall–Kier alpha value is -3.51. The zero-order valence-corrected chi connectivity index (χ0v) is 19.2. The number of hydrogen-bond donors (Lipinski definition) is 0. The van der Waals surface area contributed by atoms with E-state index >= 15 is 4.39 Å². The van der Waals surface area contributed by atoms with Crippen molar-refractivity contribution in [1.82, 2.24) is 29.2 Å². The van der Waals surface area contributed by atoms with Crippen molar-refractivity contribution < 1.29 is 22.3 Å². The number of hydrogen-bond acceptors (Lipinski definition) is 7. The molecule has 0 unspecified atom stereocenters. The highest BCUT2D eigenvalue weighted by atomic mass is 19.3. The number of halogens is 3. The van der Waals surface area contributed by atoms with Gasteiger partial charge in [0.1, 0.15) is 5.82 Å². The Bertz CT molecular complexity index is 1450. The molecule has 2 saturated heterocycles. The molecule has 0 atom stereocenters. The van der Waals surface area contributed by atoms with E-state index in [4.69, 9.17) is 9.15 Å². The minimum absolute atomic E-state index is 0.0245. The summed E-state index contributed by atoms with van der Waals surface area (Å²) in [4.78, 5) is 20.4. The molecule has 0 radical (unpaired) electrons. The summed E-state index contributed by atoms with van der Waals surface area (Å²) >= 11 is 0. The molecule has 2 fully saturated rings. The van der Waals surface area contributed by atoms with Gasteiger partial charge < -0.3 is 9.15 Å². The van der Waals surface area contributed by atoms with E-state index < -0.39 is 18.1 Å². The Labute approximate surface area is 203 Å². The number of aromatic nitrogens is 5. The van der Waals surface area contributed by atoms with Gasteiger partial charge in [0.05, 0.1) is 31.3 Å². The van der Waals surface area contributed by atoms with Gasteiger partial charge in [0, 0.05) is 36.5 Å². The van der Waals surface area contributed by atoms with Crippen LogP contribution in [0.15, 0.2) is 45.7 Å². The molecule has 0 bridgehead atoms. The summed E-state index contributed by atoms with van der Waals surface area (Å²) in [6.45, 7) is 3.26. The van der Waals surface area contributed by atoms with Crippen LogP contribution in [0.25, 0.3) is 22.6 Å². The minimum atomic E-state index is -2.91. The lowest BCUT2D eigenvalue weighted by atomic mass is 10.0. The van der Waals surface area contributed by atoms with Gasteiger partial charge in [-0.15, -0.1) is 10.2 Å². The van der Waals surface area contributed by atoms with Crippen LogP contribution in [-0.4, -0.2) is 61.6 Å². The van der Waals surface area contributed by atoms with Crippen LogP contribution in [0.2, 0.25) is 0 Å². The van der Waals surface area contributed by atoms with E-state index in [1.54, 1.807) is 16.8 Å². The number of alkyl halides is 2. The summed E-state index contributed by atoms with van der Waals surface area (Å²) in [5, 5.41) is 6.83. The number of benzene rings is 1. The molecular formula is C24H23F3N6O3. The molecule has 3 aromatic heterocycles. The van der Waals surface area contributed by atoms with Gasteiger partial charge in [-0.25, -0.2) is 14.2 Å². The summed E-state index contributed by atoms with van der Waals surface area (Å²) in [6.07, 6.45) is 0.361. The van der Waals surface area contributed by atoms with Crippen LogP contribution < -0.4 is 5.69 Å². The third kappa shape index (κ3) is 3.99. The van der Waals surface area contributed by atoms with Crippen LogP contribution in [0.5, 0.6) is 0 Å². The van der Waals surface area contributed by atoms with Gasteiger partial charge in [-0.1, -0.05) is 6.07 Å². The molecule has 12 heteroatoms. The smallest absolute Gasteiger partial charge is 0.330 e. The predicted octanol–water partition coefficient (Wildman–Crippen LogP) is 3.41. The summed E-state index contributed by atoms with van der Waals surface area (Å²) in [5.74, 6) is -1.65. The number of likely N-dealkylation sites (tertiary alicyclic amines) is 1. The fraction of sp³-hybridized carbons (Fsp3) is 0.417. The fourth-order valence-electron chi connectivity index (χ4n) is 4.97. The van der Waals surface area contributed by atoms with Gasteiger partial charge in [-0.3, -0.25) is 14.0 Å². The number of ether oxygens (including phenoxy) is 1. The molecule has 4 aromatic rings. The van der Waals surface area contributed by atoms with Crippen molar-refractivity contribution in [3.8, 4) is 11.5 Å². The van der Waals surface area contributed by atoms with E-state index in [1.165, 1.54) is 16.7 Å². The molecule has 0 aliphatic carbocycles. The van der Waals surface area contributed by atoms with Gasteiger partial charge in [-0.05, 0) is 37.1 Å². The van der Waals surface area contributed by atoms with E-state index in [0.717, 1.165) is 50.7 Å². The largest absolute Gasteiger partial charge is 0.415 e. The first-order chi connectivity index (χ1) is 17.5. The molecule has 0 N–H and O–H groups in total. The van der Waals surface area contributed by atoms with Crippen LogP contribution in [0.3, 0.4) is 0 Å². The maximum atomic E-state index is 15.0. The number of fused-ring (bicyclic) bond motifs is 1. The van der Waals surface area contributed by atoms with Crippen LogP contribution >= 0.6 is 0 Å². The zero-order valence-electron chi connectivity index (χ0n) is 19.2. The molecule has 9 nitrogen and oxygen atoms in total. The molecule has 2 aliphatic heterocycles. The third-order valence-electron chi connectivity index (χ3n) is 6.98. The van der Waals surface area contributed by atoms with Crippen molar-refractivity contribution in [1.29, 1.82) is 0 Å². The molecular weight excluding hydrogens is 477 g/mol. The van der Waals surface area contributed by atoms with Crippen LogP contribution in [0.1, 0.15) is 36.8 Å². The summed E-state index contributed by atoms with van der Waals surface area (Å²) < 4.78 is 54.0. The average molecular weight is 500 g/mol. The lowest BCUT2D eigenvalue weighted by molar-refractivity contribution is -0.0731. The summed E-state index contributed by atoms with van der Waals surface area (Å²) in [7, 11) is 0. The molecule has 2 aliphatic rings. The van der Waals surface area contributed by atoms with Crippen molar-refractivity contribution in [3.63, 3.8) is 0 Å². The van der Waals surface area contributed by atoms with Gasteiger partial charge in [-0.2, -0.15) is 8.78 Å². The molecule has 0 amide bonds. The highest BCUT2D eigenvalue weighted by molar-refractivity contribution is 5.71. The molecule has 0 spiro atoms. The van der Waals surface area contributed by atoms with Crippen molar-refractivity contribution in [3.05, 3.63) is 64.3 Å². The Morgan fingerprint density at radius 1 is 1.08 bits per heavy atom. The van der Waals surface area contributed by atoms with Crippen LogP contribution in [0.4, 0.5) is 13.2 Å². The van der Waals surface area contributed by atoms with Gasteiger partial charge >= 0.3 is 12.1 Å². The Kier molecular flexibility index (Phi) is 5.84. The van der Waals surface area contributed by atoms with Crippen molar-refractivity contribution in [2.45, 2.75) is 37.9 Å². The normalized spacial score (nSPS) is 17.8. The van der Waals surface area contributed by atoms with E-state index in [2.05, 4.69) is 20.1 Å². The average Bonchev–Trinajstić information content (AvgIpc) is 3.44. The predicted molar refractivity (Wildman–Crippen MR) is 122 cm³/mol. The lowest BCUT2D eigenvalue weighted by Gasteiger charge is -2.41. The van der Waals surface area contributed by atoms with E-state index in [1.807, 2.05) is 6.07 Å². The van der Waals surface area contributed by atoms with Crippen LogP contribution in [-0.2, 0) is 11.3 Å². The van der Waals surface area contributed by atoms with Crippen molar-refractivity contribution >= 4 is 11.2 Å². The Balaban J connectivity index is 1.28. The lowest BCUT2D eigenvalue weighted by Crippen LogP contribution is -2.52. The number of piperidine rings is 1. The Morgan fingerprint density at radius 2 is 1.89 bits per heavy atom. The standard InChI is InChI=1S/C24H23F3N6O3/c25-18-10-14(22-29-30-23(36-22)20(26)27)3-4-15(18)11-32-21-19(2-1-7-28-21)33(24(32)34)16-5-8-31(9-6-16)17-12-35-13-17/h1-4,7,10,16-17,20H,5-6,8-9,11-13H2. The Morgan fingerprint density at radius 3 is 2.56 bits per heavy atom. The molecule has 0 saturated carbocycles. The highest BCUT2D eigenvalue weighted by Crippen LogP contribution is 2.29. The van der Waals surface area contributed by atoms with Gasteiger partial charge in [0.2, 0.25) is 5.89 Å². The zero-order chi connectivity index (χ0) is 24.8. The summed E-state index contributed by atoms with van der Waals surface area (Å²) in [6, 6.07) is 8.25. The highest BCUT2D eigenvalue weighted by Gasteiger charge is 2.32. The number of imidazole rings is 1. The fourth-order valence-corrected chi connectivity index (χ4v) is 4.97. The molecule has 6 rings (SSSR count). The number of pyridine rings is 1. The monoisotopic (exact) mass is 500 g/mol. The van der Waals surface area contributed by atoms with Gasteiger partial charge in [0.25, 0.3) is 5.89 Å². The maximum Gasteiger partial charge on any atom is 0.330 e. The summed E-state index contributed by atoms with van der Waals surface area (Å²) in [5.41, 5.74) is 1.39. The molecule has 36 heavy (non-hydrogen) atoms. The molecule has 188 valence electrons. The second-order valence-electron chi connectivity index (χ2n) is 9.10. The second-order valence-corrected chi connectivity index (χ2v) is 9.10. The number of rotatable bonds is 6. The minimum Gasteiger partial charge on any atom is -0.415 e. The first kappa shape index (κ1) is 22.9. The topological polar surface area (TPSA) is 91.2 Å². The van der Waals surface area contributed by atoms with Crippen molar-refractivity contribution in [2.75, 3.05) is 26.3 Å². The van der Waals surface area contributed by atoms with E-state index in [9.17, 15) is 13.6 Å². The van der Waals surface area contributed by atoms with E-state index in [0.29, 0.717) is 11.7 Å². The molecule has 5 heterocycles. The number of nitrogens with zero attached hydrogens (tertiary/aromatic N) is 6. The first-order valence-electron chi connectivity index (χ1n) is 11.8. The quantitative estimate of drug-likeness (QED) is 0.401.